The minimum Gasteiger partial charge on any atom is -0.472 e. The molecule has 0 amide bonds. The summed E-state index contributed by atoms with van der Waals surface area (Å²) < 4.78 is 17.0. The van der Waals surface area contributed by atoms with Crippen LogP contribution in [0.25, 0.3) is 0 Å². The molecule has 2 aliphatic heterocycles. The molecule has 168 valence electrons. The molecule has 2 aliphatic rings. The second-order valence-corrected chi connectivity index (χ2v) is 8.03. The number of anilines is 3. The zero-order chi connectivity index (χ0) is 21.8. The predicted octanol–water partition coefficient (Wildman–Crippen LogP) is 2.74. The lowest BCUT2D eigenvalue weighted by atomic mass is 10.1. The summed E-state index contributed by atoms with van der Waals surface area (Å²) in [5.74, 6) is 0.980. The van der Waals surface area contributed by atoms with Gasteiger partial charge in [-0.2, -0.15) is 0 Å². The number of hydrogen-bond donors (Lipinski definition) is 1. The number of nitrogens with zero attached hydrogens (tertiary/aromatic N) is 5. The van der Waals surface area contributed by atoms with Gasteiger partial charge >= 0.3 is 0 Å². The molecule has 4 heterocycles. The van der Waals surface area contributed by atoms with E-state index in [0.717, 1.165) is 37.3 Å². The van der Waals surface area contributed by atoms with Gasteiger partial charge in [0, 0.05) is 62.4 Å². The van der Waals surface area contributed by atoms with Crippen LogP contribution >= 0.6 is 11.6 Å². The van der Waals surface area contributed by atoms with Crippen molar-refractivity contribution in [2.75, 3.05) is 48.4 Å². The molecule has 2 N–H and O–H groups in total. The highest BCUT2D eigenvalue weighted by molar-refractivity contribution is 6.29. The van der Waals surface area contributed by atoms with Crippen molar-refractivity contribution >= 4 is 28.8 Å². The van der Waals surface area contributed by atoms with Gasteiger partial charge in [-0.25, -0.2) is 4.98 Å². The maximum atomic E-state index is 6.07. The third kappa shape index (κ3) is 4.94. The molecule has 0 saturated carbocycles. The molecule has 0 aromatic carbocycles. The van der Waals surface area contributed by atoms with Crippen molar-refractivity contribution in [3.63, 3.8) is 0 Å². The van der Waals surface area contributed by atoms with Crippen molar-refractivity contribution in [1.82, 2.24) is 15.2 Å². The molecule has 2 unspecified atom stereocenters. The quantitative estimate of drug-likeness (QED) is 0.580. The number of hydrogen-bond acceptors (Lipinski definition) is 9. The van der Waals surface area contributed by atoms with Gasteiger partial charge in [0.15, 0.2) is 17.3 Å². The summed E-state index contributed by atoms with van der Waals surface area (Å²) in [5.41, 5.74) is 8.03. The minimum absolute atomic E-state index is 0.299. The lowest BCUT2D eigenvalue weighted by Gasteiger charge is -2.43. The first-order chi connectivity index (χ1) is 15.1. The van der Waals surface area contributed by atoms with Gasteiger partial charge in [0.05, 0.1) is 5.69 Å². The number of nitrogens with two attached hydrogens (primary N) is 1. The van der Waals surface area contributed by atoms with Crippen LogP contribution in [0.5, 0.6) is 5.88 Å². The van der Waals surface area contributed by atoms with Crippen LogP contribution in [0.15, 0.2) is 24.4 Å². The predicted molar refractivity (Wildman–Crippen MR) is 120 cm³/mol. The number of nitrogen functional groups attached to an aromatic ring is 1. The van der Waals surface area contributed by atoms with Crippen LogP contribution in [0.3, 0.4) is 0 Å². The normalized spacial score (nSPS) is 20.5. The van der Waals surface area contributed by atoms with E-state index < -0.39 is 6.29 Å². The van der Waals surface area contributed by atoms with Gasteiger partial charge < -0.3 is 29.7 Å². The van der Waals surface area contributed by atoms with Crippen LogP contribution in [-0.2, 0) is 9.47 Å². The van der Waals surface area contributed by atoms with Crippen LogP contribution in [0.4, 0.5) is 17.2 Å². The van der Waals surface area contributed by atoms with Gasteiger partial charge in [-0.15, -0.1) is 10.2 Å². The SMILES string of the molecule is CCOC(COc1cc(N2C3CCC2CN(c2cc(Cl)nnc2N)C3)ccn1)OCC. The number of aromatic nitrogens is 3. The Labute approximate surface area is 187 Å². The summed E-state index contributed by atoms with van der Waals surface area (Å²) in [6, 6.07) is 6.55. The standard InChI is InChI=1S/C21H29ClN6O3/c1-3-29-20(30-4-2)13-31-19-9-14(7-8-24-19)28-15-5-6-16(28)12-27(11-15)17-10-18(22)25-26-21(17)23/h7-10,15-16,20H,3-6,11-13H2,1-2H3,(H2,23,26). The Balaban J connectivity index is 1.45. The molecule has 2 aromatic heterocycles. The number of pyridine rings is 1. The monoisotopic (exact) mass is 448 g/mol. The Morgan fingerprint density at radius 1 is 1.13 bits per heavy atom. The molecule has 2 atom stereocenters. The molecule has 2 fully saturated rings. The average Bonchev–Trinajstić information content (AvgIpc) is 3.04. The molecule has 2 saturated heterocycles. The number of rotatable bonds is 9. The van der Waals surface area contributed by atoms with Gasteiger partial charge in [-0.3, -0.25) is 0 Å². The van der Waals surface area contributed by atoms with E-state index in [1.165, 1.54) is 0 Å². The number of ether oxygens (including phenoxy) is 3. The Morgan fingerprint density at radius 2 is 1.84 bits per heavy atom. The van der Waals surface area contributed by atoms with Gasteiger partial charge in [-0.05, 0) is 32.8 Å². The molecule has 2 bridgehead atoms. The maximum absolute atomic E-state index is 6.07. The lowest BCUT2D eigenvalue weighted by Crippen LogP contribution is -2.54. The molecule has 9 nitrogen and oxygen atoms in total. The van der Waals surface area contributed by atoms with Crippen molar-refractivity contribution in [2.45, 2.75) is 45.1 Å². The molecule has 31 heavy (non-hydrogen) atoms. The molecule has 0 aliphatic carbocycles. The van der Waals surface area contributed by atoms with E-state index in [1.807, 2.05) is 26.0 Å². The maximum Gasteiger partial charge on any atom is 0.215 e. The number of fused-ring (bicyclic) bond motifs is 2. The number of piperazine rings is 1. The van der Waals surface area contributed by atoms with E-state index in [-0.39, 0.29) is 0 Å². The fourth-order valence-electron chi connectivity index (χ4n) is 4.45. The van der Waals surface area contributed by atoms with Crippen LogP contribution in [0.1, 0.15) is 26.7 Å². The molecule has 10 heteroatoms. The largest absolute Gasteiger partial charge is 0.472 e. The second-order valence-electron chi connectivity index (χ2n) is 7.64. The van der Waals surface area contributed by atoms with E-state index in [0.29, 0.717) is 48.8 Å². The molecule has 0 radical (unpaired) electrons. The average molecular weight is 449 g/mol. The Hall–Kier alpha value is -2.36. The van der Waals surface area contributed by atoms with Crippen molar-refractivity contribution in [2.24, 2.45) is 0 Å². The van der Waals surface area contributed by atoms with E-state index in [1.54, 1.807) is 12.3 Å². The zero-order valence-electron chi connectivity index (χ0n) is 17.9. The third-order valence-electron chi connectivity index (χ3n) is 5.68. The first kappa shape index (κ1) is 21.9. The van der Waals surface area contributed by atoms with Crippen LogP contribution < -0.4 is 20.3 Å². The Kier molecular flexibility index (Phi) is 6.94. The molecule has 2 aromatic rings. The summed E-state index contributed by atoms with van der Waals surface area (Å²) in [4.78, 5) is 9.10. The zero-order valence-corrected chi connectivity index (χ0v) is 18.7. The summed E-state index contributed by atoms with van der Waals surface area (Å²) in [7, 11) is 0. The smallest absolute Gasteiger partial charge is 0.215 e. The molecular weight excluding hydrogens is 420 g/mol. The van der Waals surface area contributed by atoms with Crippen molar-refractivity contribution < 1.29 is 14.2 Å². The highest BCUT2D eigenvalue weighted by Gasteiger charge is 2.40. The van der Waals surface area contributed by atoms with Gasteiger partial charge in [0.1, 0.15) is 6.61 Å². The third-order valence-corrected chi connectivity index (χ3v) is 5.87. The second kappa shape index (κ2) is 9.84. The summed E-state index contributed by atoms with van der Waals surface area (Å²) in [6.45, 7) is 6.99. The molecule has 4 rings (SSSR count). The first-order valence-electron chi connectivity index (χ1n) is 10.7. The van der Waals surface area contributed by atoms with E-state index in [9.17, 15) is 0 Å². The van der Waals surface area contributed by atoms with Crippen LogP contribution in [0, 0.1) is 0 Å². The summed E-state index contributed by atoms with van der Waals surface area (Å²) >= 11 is 6.05. The fourth-order valence-corrected chi connectivity index (χ4v) is 4.59. The lowest BCUT2D eigenvalue weighted by molar-refractivity contribution is -0.152. The van der Waals surface area contributed by atoms with Crippen molar-refractivity contribution in [3.05, 3.63) is 29.5 Å². The van der Waals surface area contributed by atoms with E-state index in [4.69, 9.17) is 31.5 Å². The highest BCUT2D eigenvalue weighted by Crippen LogP contribution is 2.38. The first-order valence-corrected chi connectivity index (χ1v) is 11.1. The van der Waals surface area contributed by atoms with Crippen LogP contribution in [0.2, 0.25) is 5.15 Å². The number of halogens is 1. The Morgan fingerprint density at radius 3 is 2.52 bits per heavy atom. The summed E-state index contributed by atoms with van der Waals surface area (Å²) in [6.07, 6.45) is 3.62. The topological polar surface area (TPSA) is 98.9 Å². The minimum atomic E-state index is -0.397. The van der Waals surface area contributed by atoms with Crippen LogP contribution in [-0.4, -0.2) is 66.5 Å². The van der Waals surface area contributed by atoms with E-state index in [2.05, 4.69) is 25.0 Å². The Bertz CT molecular complexity index is 868. The molecular formula is C21H29ClN6O3. The van der Waals surface area contributed by atoms with Crippen molar-refractivity contribution in [3.8, 4) is 5.88 Å². The van der Waals surface area contributed by atoms with Gasteiger partial charge in [-0.1, -0.05) is 11.6 Å². The molecule has 0 spiro atoms. The highest BCUT2D eigenvalue weighted by atomic mass is 35.5. The summed E-state index contributed by atoms with van der Waals surface area (Å²) in [5, 5.41) is 8.15. The van der Waals surface area contributed by atoms with Gasteiger partial charge in [0.25, 0.3) is 0 Å². The van der Waals surface area contributed by atoms with Crippen molar-refractivity contribution in [1.29, 1.82) is 0 Å². The van der Waals surface area contributed by atoms with E-state index >= 15 is 0 Å². The van der Waals surface area contributed by atoms with Gasteiger partial charge in [0.2, 0.25) is 5.88 Å². The fraction of sp³-hybridized carbons (Fsp3) is 0.571.